The standard InChI is InChI=1S/C11H22N2O/c1-10(2)9-12(3)11(14)13-7-5-4-6-8-13/h10H,4-9H2,1-3H3. The molecule has 0 saturated carbocycles. The van der Waals surface area contributed by atoms with Crippen molar-refractivity contribution in [2.24, 2.45) is 5.92 Å². The lowest BCUT2D eigenvalue weighted by atomic mass is 10.1. The van der Waals surface area contributed by atoms with E-state index >= 15 is 0 Å². The quantitative estimate of drug-likeness (QED) is 0.667. The number of rotatable bonds is 2. The fourth-order valence-corrected chi connectivity index (χ4v) is 1.95. The summed E-state index contributed by atoms with van der Waals surface area (Å²) in [4.78, 5) is 15.7. The Labute approximate surface area is 87.1 Å². The number of carbonyl (C=O) groups is 1. The maximum absolute atomic E-state index is 11.9. The molecule has 1 aliphatic rings. The number of hydrogen-bond acceptors (Lipinski definition) is 1. The highest BCUT2D eigenvalue weighted by molar-refractivity contribution is 5.74. The van der Waals surface area contributed by atoms with Crippen molar-refractivity contribution < 1.29 is 4.79 Å². The number of carbonyl (C=O) groups excluding carboxylic acids is 1. The molecule has 14 heavy (non-hydrogen) atoms. The minimum absolute atomic E-state index is 0.207. The third-order valence-corrected chi connectivity index (χ3v) is 2.59. The van der Waals surface area contributed by atoms with Gasteiger partial charge in [-0.25, -0.2) is 4.79 Å². The molecule has 0 aromatic heterocycles. The van der Waals surface area contributed by atoms with Gasteiger partial charge in [0.1, 0.15) is 0 Å². The predicted molar refractivity (Wildman–Crippen MR) is 58.3 cm³/mol. The first-order valence-corrected chi connectivity index (χ1v) is 5.61. The lowest BCUT2D eigenvalue weighted by molar-refractivity contribution is 0.148. The van der Waals surface area contributed by atoms with Crippen molar-refractivity contribution in [2.45, 2.75) is 33.1 Å². The zero-order chi connectivity index (χ0) is 10.6. The van der Waals surface area contributed by atoms with Crippen molar-refractivity contribution in [1.82, 2.24) is 9.80 Å². The Bertz CT molecular complexity index is 186. The lowest BCUT2D eigenvalue weighted by Gasteiger charge is -2.31. The van der Waals surface area contributed by atoms with E-state index in [1.807, 2.05) is 16.8 Å². The normalized spacial score (nSPS) is 17.3. The lowest BCUT2D eigenvalue weighted by Crippen LogP contribution is -2.44. The van der Waals surface area contributed by atoms with Gasteiger partial charge >= 0.3 is 6.03 Å². The molecule has 3 nitrogen and oxygen atoms in total. The Kier molecular flexibility index (Phi) is 4.23. The van der Waals surface area contributed by atoms with Crippen LogP contribution in [-0.2, 0) is 0 Å². The Morgan fingerprint density at radius 3 is 2.36 bits per heavy atom. The van der Waals surface area contributed by atoms with Crippen molar-refractivity contribution in [3.63, 3.8) is 0 Å². The Hall–Kier alpha value is -0.730. The molecule has 0 aliphatic carbocycles. The molecule has 1 saturated heterocycles. The van der Waals surface area contributed by atoms with Crippen LogP contribution >= 0.6 is 0 Å². The van der Waals surface area contributed by atoms with Crippen LogP contribution in [0.5, 0.6) is 0 Å². The summed E-state index contributed by atoms with van der Waals surface area (Å²) in [6.07, 6.45) is 3.61. The monoisotopic (exact) mass is 198 g/mol. The van der Waals surface area contributed by atoms with Crippen molar-refractivity contribution in [3.8, 4) is 0 Å². The third-order valence-electron chi connectivity index (χ3n) is 2.59. The van der Waals surface area contributed by atoms with E-state index in [0.29, 0.717) is 5.92 Å². The Balaban J connectivity index is 2.38. The third kappa shape index (κ3) is 3.20. The molecule has 1 aliphatic heterocycles. The van der Waals surface area contributed by atoms with Crippen molar-refractivity contribution in [3.05, 3.63) is 0 Å². The van der Waals surface area contributed by atoms with Crippen LogP contribution in [-0.4, -0.2) is 42.5 Å². The smallest absolute Gasteiger partial charge is 0.319 e. The van der Waals surface area contributed by atoms with Crippen LogP contribution in [0.4, 0.5) is 4.79 Å². The van der Waals surface area contributed by atoms with Crippen LogP contribution in [0.3, 0.4) is 0 Å². The molecular formula is C11H22N2O. The van der Waals surface area contributed by atoms with Crippen LogP contribution < -0.4 is 0 Å². The van der Waals surface area contributed by atoms with Gasteiger partial charge in [-0.1, -0.05) is 13.8 Å². The number of likely N-dealkylation sites (tertiary alicyclic amines) is 1. The van der Waals surface area contributed by atoms with Gasteiger partial charge in [0.05, 0.1) is 0 Å². The maximum Gasteiger partial charge on any atom is 0.319 e. The molecule has 0 bridgehead atoms. The minimum Gasteiger partial charge on any atom is -0.327 e. The summed E-state index contributed by atoms with van der Waals surface area (Å²) in [5.74, 6) is 0.550. The van der Waals surface area contributed by atoms with Gasteiger partial charge in [0.25, 0.3) is 0 Å². The van der Waals surface area contributed by atoms with E-state index in [4.69, 9.17) is 0 Å². The summed E-state index contributed by atoms with van der Waals surface area (Å²) in [6.45, 7) is 7.03. The van der Waals surface area contributed by atoms with Crippen LogP contribution in [0.25, 0.3) is 0 Å². The summed E-state index contributed by atoms with van der Waals surface area (Å²) < 4.78 is 0. The summed E-state index contributed by atoms with van der Waals surface area (Å²) in [5, 5.41) is 0. The molecule has 0 aromatic rings. The highest BCUT2D eigenvalue weighted by Crippen LogP contribution is 2.11. The van der Waals surface area contributed by atoms with E-state index in [1.54, 1.807) is 0 Å². The second-order valence-corrected chi connectivity index (χ2v) is 4.60. The van der Waals surface area contributed by atoms with Crippen LogP contribution in [0.1, 0.15) is 33.1 Å². The Morgan fingerprint density at radius 2 is 1.86 bits per heavy atom. The van der Waals surface area contributed by atoms with Gasteiger partial charge in [-0.15, -0.1) is 0 Å². The molecule has 1 heterocycles. The number of hydrogen-bond donors (Lipinski definition) is 0. The summed E-state index contributed by atoms with van der Waals surface area (Å²) in [7, 11) is 1.90. The molecule has 82 valence electrons. The van der Waals surface area contributed by atoms with Gasteiger partial charge in [0.2, 0.25) is 0 Å². The van der Waals surface area contributed by atoms with Crippen LogP contribution in [0.15, 0.2) is 0 Å². The molecule has 1 rings (SSSR count). The van der Waals surface area contributed by atoms with E-state index in [2.05, 4.69) is 13.8 Å². The van der Waals surface area contributed by atoms with Crippen molar-refractivity contribution in [2.75, 3.05) is 26.7 Å². The van der Waals surface area contributed by atoms with E-state index < -0.39 is 0 Å². The second-order valence-electron chi connectivity index (χ2n) is 4.60. The molecule has 0 N–H and O–H groups in total. The van der Waals surface area contributed by atoms with Crippen molar-refractivity contribution >= 4 is 6.03 Å². The minimum atomic E-state index is 0.207. The zero-order valence-electron chi connectivity index (χ0n) is 9.62. The molecule has 1 fully saturated rings. The van der Waals surface area contributed by atoms with E-state index in [1.165, 1.54) is 19.3 Å². The molecule has 2 amide bonds. The van der Waals surface area contributed by atoms with Gasteiger partial charge in [0.15, 0.2) is 0 Å². The highest BCUT2D eigenvalue weighted by Gasteiger charge is 2.19. The van der Waals surface area contributed by atoms with Gasteiger partial charge in [-0.2, -0.15) is 0 Å². The number of piperidine rings is 1. The maximum atomic E-state index is 11.9. The molecule has 0 unspecified atom stereocenters. The molecular weight excluding hydrogens is 176 g/mol. The topological polar surface area (TPSA) is 23.6 Å². The first kappa shape index (κ1) is 11.3. The van der Waals surface area contributed by atoms with E-state index in [9.17, 15) is 4.79 Å². The first-order valence-electron chi connectivity index (χ1n) is 5.61. The molecule has 0 radical (unpaired) electrons. The van der Waals surface area contributed by atoms with E-state index in [-0.39, 0.29) is 6.03 Å². The highest BCUT2D eigenvalue weighted by atomic mass is 16.2. The molecule has 0 atom stereocenters. The van der Waals surface area contributed by atoms with Crippen molar-refractivity contribution in [1.29, 1.82) is 0 Å². The summed E-state index contributed by atoms with van der Waals surface area (Å²) >= 11 is 0. The van der Waals surface area contributed by atoms with Gasteiger partial charge in [-0.05, 0) is 25.2 Å². The Morgan fingerprint density at radius 1 is 1.29 bits per heavy atom. The molecule has 0 aromatic carbocycles. The summed E-state index contributed by atoms with van der Waals surface area (Å²) in [5.41, 5.74) is 0. The van der Waals surface area contributed by atoms with Gasteiger partial charge < -0.3 is 9.80 Å². The SMILES string of the molecule is CC(C)CN(C)C(=O)N1CCCCC1. The fraction of sp³-hybridized carbons (Fsp3) is 0.909. The van der Waals surface area contributed by atoms with Gasteiger partial charge in [0, 0.05) is 26.7 Å². The largest absolute Gasteiger partial charge is 0.327 e. The molecule has 3 heteroatoms. The van der Waals surface area contributed by atoms with E-state index in [0.717, 1.165) is 19.6 Å². The first-order chi connectivity index (χ1) is 6.61. The average molecular weight is 198 g/mol. The van der Waals surface area contributed by atoms with Gasteiger partial charge in [-0.3, -0.25) is 0 Å². The second kappa shape index (κ2) is 5.23. The number of nitrogens with zero attached hydrogens (tertiary/aromatic N) is 2. The number of amides is 2. The zero-order valence-corrected chi connectivity index (χ0v) is 9.62. The predicted octanol–water partition coefficient (Wildman–Crippen LogP) is 2.18. The summed E-state index contributed by atoms with van der Waals surface area (Å²) in [6, 6.07) is 0.207. The number of urea groups is 1. The molecule has 0 spiro atoms. The van der Waals surface area contributed by atoms with Crippen LogP contribution in [0, 0.1) is 5.92 Å². The fourth-order valence-electron chi connectivity index (χ4n) is 1.95. The van der Waals surface area contributed by atoms with Crippen LogP contribution in [0.2, 0.25) is 0 Å². The average Bonchev–Trinajstić information content (AvgIpc) is 2.17.